The Morgan fingerprint density at radius 1 is 1.42 bits per heavy atom. The van der Waals surface area contributed by atoms with Crippen molar-refractivity contribution in [3.8, 4) is 0 Å². The van der Waals surface area contributed by atoms with Crippen LogP contribution in [-0.4, -0.2) is 48.7 Å². The molecule has 5 nitrogen and oxygen atoms in total. The van der Waals surface area contributed by atoms with E-state index < -0.39 is 5.97 Å². The fourth-order valence-corrected chi connectivity index (χ4v) is 2.80. The van der Waals surface area contributed by atoms with Crippen LogP contribution >= 0.6 is 0 Å². The Hall–Kier alpha value is -1.10. The maximum Gasteiger partial charge on any atom is 0.323 e. The summed E-state index contributed by atoms with van der Waals surface area (Å²) in [5.41, 5.74) is 0.175. The Morgan fingerprint density at radius 3 is 2.63 bits per heavy atom. The molecule has 1 unspecified atom stereocenters. The average Bonchev–Trinajstić information content (AvgIpc) is 2.32. The van der Waals surface area contributed by atoms with Crippen molar-refractivity contribution in [3.05, 3.63) is 0 Å². The summed E-state index contributed by atoms with van der Waals surface area (Å²) in [5, 5.41) is 8.90. The summed E-state index contributed by atoms with van der Waals surface area (Å²) < 4.78 is 4.95. The second-order valence-corrected chi connectivity index (χ2v) is 6.10. The van der Waals surface area contributed by atoms with Gasteiger partial charge in [-0.25, -0.2) is 0 Å². The standard InChI is InChI=1S/C14H25NO4/c1-14(2)6-4-5-11(9-14)13(18)15(7-8-19-3)10-12(16)17/h11H,4-10H2,1-3H3,(H,16,17). The third kappa shape index (κ3) is 5.19. The molecule has 0 radical (unpaired) electrons. The van der Waals surface area contributed by atoms with E-state index in [1.54, 1.807) is 7.11 Å². The van der Waals surface area contributed by atoms with Gasteiger partial charge in [-0.3, -0.25) is 9.59 Å². The number of aliphatic carboxylic acids is 1. The normalized spacial score (nSPS) is 21.9. The maximum absolute atomic E-state index is 12.4. The number of carboxylic acids is 1. The van der Waals surface area contributed by atoms with Gasteiger partial charge in [0, 0.05) is 19.6 Å². The fourth-order valence-electron chi connectivity index (χ4n) is 2.80. The van der Waals surface area contributed by atoms with Crippen molar-refractivity contribution in [1.82, 2.24) is 4.90 Å². The van der Waals surface area contributed by atoms with Gasteiger partial charge in [-0.15, -0.1) is 0 Å². The highest BCUT2D eigenvalue weighted by atomic mass is 16.5. The van der Waals surface area contributed by atoms with Gasteiger partial charge in [0.15, 0.2) is 0 Å². The smallest absolute Gasteiger partial charge is 0.323 e. The fraction of sp³-hybridized carbons (Fsp3) is 0.857. The molecular formula is C14H25NO4. The van der Waals surface area contributed by atoms with Gasteiger partial charge in [-0.2, -0.15) is 0 Å². The Kier molecular flexibility index (Phi) is 5.79. The van der Waals surface area contributed by atoms with Crippen molar-refractivity contribution in [3.63, 3.8) is 0 Å². The average molecular weight is 271 g/mol. The van der Waals surface area contributed by atoms with E-state index in [9.17, 15) is 9.59 Å². The Bertz CT molecular complexity index is 327. The van der Waals surface area contributed by atoms with Crippen molar-refractivity contribution >= 4 is 11.9 Å². The van der Waals surface area contributed by atoms with Crippen LogP contribution in [0.15, 0.2) is 0 Å². The lowest BCUT2D eigenvalue weighted by atomic mass is 9.72. The second-order valence-electron chi connectivity index (χ2n) is 6.10. The number of carbonyl (C=O) groups excluding carboxylic acids is 1. The first-order chi connectivity index (χ1) is 8.85. The summed E-state index contributed by atoms with van der Waals surface area (Å²) in [7, 11) is 1.55. The predicted molar refractivity (Wildman–Crippen MR) is 71.8 cm³/mol. The molecule has 0 saturated heterocycles. The molecule has 110 valence electrons. The highest BCUT2D eigenvalue weighted by molar-refractivity contribution is 5.83. The van der Waals surface area contributed by atoms with E-state index >= 15 is 0 Å². The zero-order valence-corrected chi connectivity index (χ0v) is 12.1. The monoisotopic (exact) mass is 271 g/mol. The molecule has 1 fully saturated rings. The van der Waals surface area contributed by atoms with Gasteiger partial charge in [0.25, 0.3) is 0 Å². The largest absolute Gasteiger partial charge is 0.480 e. The molecule has 0 aliphatic heterocycles. The molecule has 1 N–H and O–H groups in total. The quantitative estimate of drug-likeness (QED) is 0.799. The van der Waals surface area contributed by atoms with Crippen LogP contribution in [0.1, 0.15) is 39.5 Å². The number of carboxylic acid groups (broad SMARTS) is 1. The molecular weight excluding hydrogens is 246 g/mol. The van der Waals surface area contributed by atoms with Gasteiger partial charge < -0.3 is 14.7 Å². The minimum atomic E-state index is -0.973. The molecule has 1 amide bonds. The van der Waals surface area contributed by atoms with Gasteiger partial charge in [-0.1, -0.05) is 20.3 Å². The van der Waals surface area contributed by atoms with E-state index in [1.165, 1.54) is 4.90 Å². The molecule has 1 atom stereocenters. The summed E-state index contributed by atoms with van der Waals surface area (Å²) in [6, 6.07) is 0. The number of hydrogen-bond acceptors (Lipinski definition) is 3. The van der Waals surface area contributed by atoms with E-state index in [-0.39, 0.29) is 23.8 Å². The van der Waals surface area contributed by atoms with Crippen molar-refractivity contribution in [2.24, 2.45) is 11.3 Å². The topological polar surface area (TPSA) is 66.8 Å². The molecule has 0 bridgehead atoms. The van der Waals surface area contributed by atoms with Crippen LogP contribution < -0.4 is 0 Å². The van der Waals surface area contributed by atoms with Crippen molar-refractivity contribution in [2.75, 3.05) is 26.8 Å². The molecule has 0 aromatic rings. The molecule has 1 aliphatic rings. The van der Waals surface area contributed by atoms with Crippen LogP contribution in [0.2, 0.25) is 0 Å². The third-order valence-electron chi connectivity index (χ3n) is 3.76. The highest BCUT2D eigenvalue weighted by Crippen LogP contribution is 2.39. The van der Waals surface area contributed by atoms with Crippen LogP contribution in [-0.2, 0) is 14.3 Å². The Labute approximate surface area is 114 Å². The lowest BCUT2D eigenvalue weighted by Crippen LogP contribution is -2.43. The molecule has 0 heterocycles. The molecule has 19 heavy (non-hydrogen) atoms. The number of nitrogens with zero attached hydrogens (tertiary/aromatic N) is 1. The minimum absolute atomic E-state index is 0.0350. The highest BCUT2D eigenvalue weighted by Gasteiger charge is 2.34. The minimum Gasteiger partial charge on any atom is -0.480 e. The predicted octanol–water partition coefficient (Wildman–Crippen LogP) is 1.76. The molecule has 0 aromatic heterocycles. The third-order valence-corrected chi connectivity index (χ3v) is 3.76. The van der Waals surface area contributed by atoms with Crippen LogP contribution in [0.25, 0.3) is 0 Å². The van der Waals surface area contributed by atoms with Gasteiger partial charge in [0.1, 0.15) is 6.54 Å². The van der Waals surface area contributed by atoms with E-state index in [0.29, 0.717) is 13.2 Å². The summed E-state index contributed by atoms with van der Waals surface area (Å²) in [4.78, 5) is 24.7. The molecule has 0 aromatic carbocycles. The van der Waals surface area contributed by atoms with E-state index in [0.717, 1.165) is 25.7 Å². The SMILES string of the molecule is COCCN(CC(=O)O)C(=O)C1CCCC(C)(C)C1. The molecule has 0 spiro atoms. The Morgan fingerprint density at radius 2 is 2.11 bits per heavy atom. The number of methoxy groups -OCH3 is 1. The first kappa shape index (κ1) is 16.0. The summed E-state index contributed by atoms with van der Waals surface area (Å²) in [6.45, 7) is 4.82. The zero-order chi connectivity index (χ0) is 14.5. The molecule has 5 heteroatoms. The lowest BCUT2D eigenvalue weighted by Gasteiger charge is -2.36. The van der Waals surface area contributed by atoms with Crippen molar-refractivity contribution < 1.29 is 19.4 Å². The van der Waals surface area contributed by atoms with Crippen molar-refractivity contribution in [1.29, 1.82) is 0 Å². The first-order valence-electron chi connectivity index (χ1n) is 6.85. The number of hydrogen-bond donors (Lipinski definition) is 1. The van der Waals surface area contributed by atoms with E-state index in [2.05, 4.69) is 13.8 Å². The first-order valence-corrected chi connectivity index (χ1v) is 6.85. The number of ether oxygens (including phenoxy) is 1. The van der Waals surface area contributed by atoms with E-state index in [1.807, 2.05) is 0 Å². The van der Waals surface area contributed by atoms with Crippen LogP contribution in [0.5, 0.6) is 0 Å². The van der Waals surface area contributed by atoms with Gasteiger partial charge in [0.2, 0.25) is 5.91 Å². The number of carbonyl (C=O) groups is 2. The molecule has 1 aliphatic carbocycles. The summed E-state index contributed by atoms with van der Waals surface area (Å²) in [6.07, 6.45) is 3.88. The molecule has 1 saturated carbocycles. The lowest BCUT2D eigenvalue weighted by molar-refractivity contribution is -0.148. The van der Waals surface area contributed by atoms with Crippen LogP contribution in [0.3, 0.4) is 0 Å². The van der Waals surface area contributed by atoms with Gasteiger partial charge >= 0.3 is 5.97 Å². The second kappa shape index (κ2) is 6.89. The maximum atomic E-state index is 12.4. The Balaban J connectivity index is 2.66. The van der Waals surface area contributed by atoms with Gasteiger partial charge in [0.05, 0.1) is 6.61 Å². The number of amides is 1. The van der Waals surface area contributed by atoms with E-state index in [4.69, 9.17) is 9.84 Å². The van der Waals surface area contributed by atoms with Crippen LogP contribution in [0, 0.1) is 11.3 Å². The molecule has 1 rings (SSSR count). The van der Waals surface area contributed by atoms with Gasteiger partial charge in [-0.05, 0) is 24.7 Å². The number of rotatable bonds is 6. The summed E-state index contributed by atoms with van der Waals surface area (Å²) >= 11 is 0. The van der Waals surface area contributed by atoms with Crippen LogP contribution in [0.4, 0.5) is 0 Å². The van der Waals surface area contributed by atoms with Crippen molar-refractivity contribution in [2.45, 2.75) is 39.5 Å². The summed E-state index contributed by atoms with van der Waals surface area (Å²) in [5.74, 6) is -1.05. The zero-order valence-electron chi connectivity index (χ0n) is 12.1.